The fourth-order valence-corrected chi connectivity index (χ4v) is 2.20. The molecule has 1 aromatic heterocycles. The molecule has 0 atom stereocenters. The van der Waals surface area contributed by atoms with Gasteiger partial charge in [0.2, 0.25) is 0 Å². The van der Waals surface area contributed by atoms with Crippen molar-refractivity contribution in [1.82, 2.24) is 20.3 Å². The second-order valence-electron chi connectivity index (χ2n) is 4.51. The molecule has 0 saturated carbocycles. The van der Waals surface area contributed by atoms with Crippen LogP contribution >= 0.6 is 11.6 Å². The second kappa shape index (κ2) is 7.13. The van der Waals surface area contributed by atoms with Gasteiger partial charge in [0, 0.05) is 25.5 Å². The minimum atomic E-state index is -0.149. The van der Waals surface area contributed by atoms with Crippen molar-refractivity contribution in [2.24, 2.45) is 0 Å². The molecule has 0 spiro atoms. The summed E-state index contributed by atoms with van der Waals surface area (Å²) in [4.78, 5) is 21.7. The number of carbonyl (C=O) groups is 1. The summed E-state index contributed by atoms with van der Waals surface area (Å²) in [6.45, 7) is 1.59. The number of nitrogens with zero attached hydrogens (tertiary/aromatic N) is 3. The van der Waals surface area contributed by atoms with Gasteiger partial charge in [-0.25, -0.2) is 14.8 Å². The molecule has 1 aromatic rings. The highest BCUT2D eigenvalue weighted by atomic mass is 35.5. The highest BCUT2D eigenvalue weighted by Crippen LogP contribution is 2.13. The first-order valence-electron chi connectivity index (χ1n) is 6.55. The van der Waals surface area contributed by atoms with Gasteiger partial charge < -0.3 is 4.90 Å². The number of carbonyl (C=O) groups excluding carboxylic acids is 1. The largest absolute Gasteiger partial charge is 0.336 e. The zero-order valence-electron chi connectivity index (χ0n) is 10.7. The number of anilines is 1. The number of hydrogen-bond acceptors (Lipinski definition) is 4. The normalized spacial score (nSPS) is 16.4. The molecule has 0 aromatic carbocycles. The summed E-state index contributed by atoms with van der Waals surface area (Å²) in [6, 6.07) is -0.149. The van der Waals surface area contributed by atoms with Crippen LogP contribution in [0.1, 0.15) is 32.1 Å². The molecule has 0 aliphatic carbocycles. The van der Waals surface area contributed by atoms with Gasteiger partial charge in [0.25, 0.3) is 0 Å². The molecule has 7 heteroatoms. The van der Waals surface area contributed by atoms with Gasteiger partial charge in [0.15, 0.2) is 11.0 Å². The van der Waals surface area contributed by atoms with E-state index in [4.69, 9.17) is 11.6 Å². The lowest BCUT2D eigenvalue weighted by Crippen LogP contribution is -2.44. The lowest BCUT2D eigenvalue weighted by atomic mass is 10.1. The fraction of sp³-hybridized carbons (Fsp3) is 0.583. The Morgan fingerprint density at radius 1 is 1.11 bits per heavy atom. The maximum Gasteiger partial charge on any atom is 0.336 e. The predicted octanol–water partition coefficient (Wildman–Crippen LogP) is 2.43. The number of amides is 2. The second-order valence-corrected chi connectivity index (χ2v) is 4.86. The molecule has 2 amide bonds. The molecule has 0 unspecified atom stereocenters. The molecule has 2 heterocycles. The van der Waals surface area contributed by atoms with Crippen molar-refractivity contribution in [3.63, 3.8) is 0 Å². The summed E-state index contributed by atoms with van der Waals surface area (Å²) < 4.78 is 0. The van der Waals surface area contributed by atoms with Gasteiger partial charge in [0.05, 0.1) is 0 Å². The SMILES string of the molecule is O=C(NNc1nccnc1Cl)N1CCCCCCC1. The van der Waals surface area contributed by atoms with E-state index in [0.717, 1.165) is 25.9 Å². The molecule has 2 N–H and O–H groups in total. The number of hydrogen-bond donors (Lipinski definition) is 2. The molecular weight excluding hydrogens is 266 g/mol. The lowest BCUT2D eigenvalue weighted by molar-refractivity contribution is 0.194. The molecule has 2 rings (SSSR count). The highest BCUT2D eigenvalue weighted by Gasteiger charge is 2.14. The maximum absolute atomic E-state index is 12.0. The molecule has 1 saturated heterocycles. The molecule has 1 aliphatic rings. The first kappa shape index (κ1) is 13.9. The van der Waals surface area contributed by atoms with Crippen molar-refractivity contribution in [3.05, 3.63) is 17.5 Å². The van der Waals surface area contributed by atoms with Crippen molar-refractivity contribution in [1.29, 1.82) is 0 Å². The van der Waals surface area contributed by atoms with E-state index in [9.17, 15) is 4.79 Å². The van der Waals surface area contributed by atoms with Crippen LogP contribution in [-0.4, -0.2) is 34.0 Å². The van der Waals surface area contributed by atoms with Crippen LogP contribution in [0, 0.1) is 0 Å². The number of nitrogens with one attached hydrogen (secondary N) is 2. The zero-order chi connectivity index (χ0) is 13.5. The van der Waals surface area contributed by atoms with Crippen LogP contribution in [0.2, 0.25) is 5.15 Å². The van der Waals surface area contributed by atoms with E-state index in [1.165, 1.54) is 31.7 Å². The third-order valence-corrected chi connectivity index (χ3v) is 3.36. The van der Waals surface area contributed by atoms with Crippen LogP contribution in [0.4, 0.5) is 10.6 Å². The Bertz CT molecular complexity index is 420. The Kier molecular flexibility index (Phi) is 5.20. The highest BCUT2D eigenvalue weighted by molar-refractivity contribution is 6.31. The molecule has 104 valence electrons. The number of hydrazine groups is 1. The van der Waals surface area contributed by atoms with Crippen LogP contribution < -0.4 is 10.9 Å². The number of likely N-dealkylation sites (tertiary alicyclic amines) is 1. The average molecular weight is 284 g/mol. The van der Waals surface area contributed by atoms with Crippen molar-refractivity contribution < 1.29 is 4.79 Å². The third-order valence-electron chi connectivity index (χ3n) is 3.08. The molecule has 0 radical (unpaired) electrons. The Morgan fingerprint density at radius 2 is 1.74 bits per heavy atom. The summed E-state index contributed by atoms with van der Waals surface area (Å²) in [7, 11) is 0. The van der Waals surface area contributed by atoms with Gasteiger partial charge in [-0.2, -0.15) is 0 Å². The van der Waals surface area contributed by atoms with Crippen LogP contribution in [-0.2, 0) is 0 Å². The summed E-state index contributed by atoms with van der Waals surface area (Å²) in [5, 5.41) is 0.232. The zero-order valence-corrected chi connectivity index (χ0v) is 11.5. The standard InChI is InChI=1S/C12H18ClN5O/c13-10-11(15-7-6-14-10)16-17-12(19)18-8-4-2-1-3-5-9-18/h6-7H,1-5,8-9H2,(H,15,16)(H,17,19). The predicted molar refractivity (Wildman–Crippen MR) is 73.9 cm³/mol. The van der Waals surface area contributed by atoms with Gasteiger partial charge >= 0.3 is 6.03 Å². The van der Waals surface area contributed by atoms with Gasteiger partial charge in [-0.05, 0) is 12.8 Å². The molecule has 0 bridgehead atoms. The van der Waals surface area contributed by atoms with E-state index < -0.39 is 0 Å². The van der Waals surface area contributed by atoms with Crippen LogP contribution in [0.5, 0.6) is 0 Å². The molecule has 6 nitrogen and oxygen atoms in total. The fourth-order valence-electron chi connectivity index (χ4n) is 2.05. The van der Waals surface area contributed by atoms with Crippen LogP contribution in [0.3, 0.4) is 0 Å². The average Bonchev–Trinajstić information content (AvgIpc) is 2.37. The summed E-state index contributed by atoms with van der Waals surface area (Å²) >= 11 is 5.84. The summed E-state index contributed by atoms with van der Waals surface area (Å²) in [5.74, 6) is 0.351. The number of aromatic nitrogens is 2. The number of urea groups is 1. The first-order valence-corrected chi connectivity index (χ1v) is 6.92. The van der Waals surface area contributed by atoms with Crippen LogP contribution in [0.25, 0.3) is 0 Å². The first-order chi connectivity index (χ1) is 9.27. The molecule has 1 fully saturated rings. The minimum Gasteiger partial charge on any atom is -0.323 e. The Balaban J connectivity index is 1.84. The van der Waals surface area contributed by atoms with Crippen molar-refractivity contribution >= 4 is 23.4 Å². The quantitative estimate of drug-likeness (QED) is 0.818. The number of rotatable bonds is 2. The molecular formula is C12H18ClN5O. The van der Waals surface area contributed by atoms with E-state index in [-0.39, 0.29) is 11.2 Å². The maximum atomic E-state index is 12.0. The topological polar surface area (TPSA) is 70.1 Å². The Hall–Kier alpha value is -1.56. The van der Waals surface area contributed by atoms with Gasteiger partial charge in [-0.1, -0.05) is 30.9 Å². The Labute approximate surface area is 117 Å². The van der Waals surface area contributed by atoms with E-state index in [1.54, 1.807) is 0 Å². The van der Waals surface area contributed by atoms with E-state index in [1.807, 2.05) is 4.90 Å². The van der Waals surface area contributed by atoms with Crippen molar-refractivity contribution in [3.8, 4) is 0 Å². The smallest absolute Gasteiger partial charge is 0.323 e. The van der Waals surface area contributed by atoms with Crippen molar-refractivity contribution in [2.75, 3.05) is 18.5 Å². The third kappa shape index (κ3) is 4.24. The lowest BCUT2D eigenvalue weighted by Gasteiger charge is -2.25. The van der Waals surface area contributed by atoms with Gasteiger partial charge in [-0.15, -0.1) is 0 Å². The van der Waals surface area contributed by atoms with Gasteiger partial charge in [-0.3, -0.25) is 10.9 Å². The molecule has 19 heavy (non-hydrogen) atoms. The summed E-state index contributed by atoms with van der Waals surface area (Å²) in [6.07, 6.45) is 8.76. The van der Waals surface area contributed by atoms with Gasteiger partial charge in [0.1, 0.15) is 0 Å². The van der Waals surface area contributed by atoms with E-state index in [0.29, 0.717) is 5.82 Å². The number of halogens is 1. The monoisotopic (exact) mass is 283 g/mol. The molecule has 1 aliphatic heterocycles. The minimum absolute atomic E-state index is 0.149. The van der Waals surface area contributed by atoms with Crippen LogP contribution in [0.15, 0.2) is 12.4 Å². The van der Waals surface area contributed by atoms with E-state index >= 15 is 0 Å². The Morgan fingerprint density at radius 3 is 2.42 bits per heavy atom. The van der Waals surface area contributed by atoms with Crippen molar-refractivity contribution in [2.45, 2.75) is 32.1 Å². The van der Waals surface area contributed by atoms with E-state index in [2.05, 4.69) is 20.8 Å². The summed E-state index contributed by atoms with van der Waals surface area (Å²) in [5.41, 5.74) is 5.31.